The van der Waals surface area contributed by atoms with Crippen molar-refractivity contribution in [2.75, 3.05) is 13.1 Å². The van der Waals surface area contributed by atoms with E-state index in [0.717, 1.165) is 29.4 Å². The van der Waals surface area contributed by atoms with E-state index < -0.39 is 10.0 Å². The maximum absolute atomic E-state index is 12.2. The summed E-state index contributed by atoms with van der Waals surface area (Å²) < 4.78 is 28.2. The summed E-state index contributed by atoms with van der Waals surface area (Å²) in [5.41, 5.74) is 0. The highest BCUT2D eigenvalue weighted by Gasteiger charge is 2.20. The van der Waals surface area contributed by atoms with E-state index in [1.807, 2.05) is 0 Å². The van der Waals surface area contributed by atoms with Crippen molar-refractivity contribution in [3.63, 3.8) is 0 Å². The molecule has 6 heteroatoms. The summed E-state index contributed by atoms with van der Waals surface area (Å²) in [7, 11) is -3.39. The third kappa shape index (κ3) is 3.91. The molecule has 0 amide bonds. The molecule has 1 aromatic carbocycles. The fourth-order valence-electron chi connectivity index (χ4n) is 2.02. The zero-order valence-electron chi connectivity index (χ0n) is 10.0. The van der Waals surface area contributed by atoms with Gasteiger partial charge < -0.3 is 5.32 Å². The van der Waals surface area contributed by atoms with Crippen LogP contribution >= 0.6 is 22.6 Å². The summed E-state index contributed by atoms with van der Waals surface area (Å²) in [6, 6.07) is 6.90. The molecule has 4 nitrogen and oxygen atoms in total. The van der Waals surface area contributed by atoms with Crippen molar-refractivity contribution in [1.82, 2.24) is 10.0 Å². The molecule has 0 saturated carbocycles. The van der Waals surface area contributed by atoms with Crippen molar-refractivity contribution >= 4 is 32.6 Å². The first-order chi connectivity index (χ1) is 8.58. The molecule has 2 N–H and O–H groups in total. The molecule has 1 aliphatic heterocycles. The van der Waals surface area contributed by atoms with Gasteiger partial charge in [0.1, 0.15) is 0 Å². The number of benzene rings is 1. The van der Waals surface area contributed by atoms with Gasteiger partial charge >= 0.3 is 0 Å². The van der Waals surface area contributed by atoms with Crippen LogP contribution in [0.5, 0.6) is 0 Å². The minimum absolute atomic E-state index is 0.00298. The maximum atomic E-state index is 12.2. The summed E-state index contributed by atoms with van der Waals surface area (Å²) >= 11 is 2.16. The molecule has 1 unspecified atom stereocenters. The Morgan fingerprint density at radius 3 is 2.67 bits per heavy atom. The van der Waals surface area contributed by atoms with Crippen molar-refractivity contribution in [1.29, 1.82) is 0 Å². The Morgan fingerprint density at radius 1 is 1.22 bits per heavy atom. The van der Waals surface area contributed by atoms with E-state index >= 15 is 0 Å². The quantitative estimate of drug-likeness (QED) is 0.786. The molecule has 1 atom stereocenters. The second-order valence-electron chi connectivity index (χ2n) is 4.47. The Labute approximate surface area is 122 Å². The van der Waals surface area contributed by atoms with Crippen LogP contribution in [0, 0.1) is 3.57 Å². The highest BCUT2D eigenvalue weighted by molar-refractivity contribution is 14.1. The van der Waals surface area contributed by atoms with Crippen molar-refractivity contribution in [3.8, 4) is 0 Å². The topological polar surface area (TPSA) is 58.2 Å². The van der Waals surface area contributed by atoms with Crippen LogP contribution in [0.4, 0.5) is 0 Å². The van der Waals surface area contributed by atoms with E-state index in [9.17, 15) is 8.42 Å². The molecule has 100 valence electrons. The van der Waals surface area contributed by atoms with E-state index in [4.69, 9.17) is 0 Å². The fourth-order valence-corrected chi connectivity index (χ4v) is 3.65. The third-order valence-electron chi connectivity index (χ3n) is 2.99. The van der Waals surface area contributed by atoms with E-state index in [-0.39, 0.29) is 6.04 Å². The van der Waals surface area contributed by atoms with E-state index in [2.05, 4.69) is 32.6 Å². The number of sulfonamides is 1. The van der Waals surface area contributed by atoms with Crippen LogP contribution in [0.15, 0.2) is 29.2 Å². The zero-order valence-corrected chi connectivity index (χ0v) is 13.0. The summed E-state index contributed by atoms with van der Waals surface area (Å²) in [4.78, 5) is 0.340. The van der Waals surface area contributed by atoms with Crippen LogP contribution in [0.3, 0.4) is 0 Å². The second kappa shape index (κ2) is 6.31. The van der Waals surface area contributed by atoms with Gasteiger partial charge in [-0.15, -0.1) is 0 Å². The summed E-state index contributed by atoms with van der Waals surface area (Å²) in [5.74, 6) is 0. The van der Waals surface area contributed by atoms with Crippen LogP contribution in [0.25, 0.3) is 0 Å². The lowest BCUT2D eigenvalue weighted by Gasteiger charge is -2.16. The molecule has 18 heavy (non-hydrogen) atoms. The summed E-state index contributed by atoms with van der Waals surface area (Å²) in [5, 5.41) is 3.25. The molecule has 0 aromatic heterocycles. The monoisotopic (exact) mass is 380 g/mol. The van der Waals surface area contributed by atoms with Gasteiger partial charge in [0.05, 0.1) is 4.90 Å². The van der Waals surface area contributed by atoms with Gasteiger partial charge in [0.15, 0.2) is 0 Å². The number of halogens is 1. The predicted molar refractivity (Wildman–Crippen MR) is 80.0 cm³/mol. The van der Waals surface area contributed by atoms with Crippen LogP contribution in [0.2, 0.25) is 0 Å². The molecule has 2 rings (SSSR count). The Kier molecular flexibility index (Phi) is 4.99. The Bertz CT molecular complexity index is 479. The van der Waals surface area contributed by atoms with Crippen LogP contribution < -0.4 is 10.0 Å². The van der Waals surface area contributed by atoms with Gasteiger partial charge in [-0.05, 0) is 66.2 Å². The fraction of sp³-hybridized carbons (Fsp3) is 0.500. The van der Waals surface area contributed by atoms with Crippen molar-refractivity contribution in [2.45, 2.75) is 30.2 Å². The Hall–Kier alpha value is -0.180. The predicted octanol–water partition coefficient (Wildman–Crippen LogP) is 1.71. The highest BCUT2D eigenvalue weighted by atomic mass is 127. The first kappa shape index (κ1) is 14.2. The second-order valence-corrected chi connectivity index (χ2v) is 7.43. The molecule has 1 aliphatic rings. The molecule has 0 aliphatic carbocycles. The highest BCUT2D eigenvalue weighted by Crippen LogP contribution is 2.14. The van der Waals surface area contributed by atoms with E-state index in [1.54, 1.807) is 24.3 Å². The molecule has 0 bridgehead atoms. The summed E-state index contributed by atoms with van der Waals surface area (Å²) in [6.07, 6.45) is 3.07. The zero-order chi connectivity index (χ0) is 13.0. The molecular formula is C12H17IN2O2S. The molecule has 1 saturated heterocycles. The minimum atomic E-state index is -3.39. The van der Waals surface area contributed by atoms with Crippen molar-refractivity contribution in [3.05, 3.63) is 27.8 Å². The van der Waals surface area contributed by atoms with Crippen molar-refractivity contribution < 1.29 is 8.42 Å². The normalized spacial score (nSPS) is 21.5. The van der Waals surface area contributed by atoms with Gasteiger partial charge in [0, 0.05) is 16.2 Å². The minimum Gasteiger partial charge on any atom is -0.315 e. The molecule has 0 spiro atoms. The Morgan fingerprint density at radius 2 is 1.94 bits per heavy atom. The first-order valence-electron chi connectivity index (χ1n) is 6.06. The SMILES string of the molecule is O=S(=O)(NC1CCCCNC1)c1ccc(I)cc1. The lowest BCUT2D eigenvalue weighted by atomic mass is 10.2. The van der Waals surface area contributed by atoms with Crippen LogP contribution in [-0.2, 0) is 10.0 Å². The number of hydrogen-bond acceptors (Lipinski definition) is 3. The average molecular weight is 380 g/mol. The molecular weight excluding hydrogens is 363 g/mol. The van der Waals surface area contributed by atoms with Gasteiger partial charge in [-0.1, -0.05) is 6.42 Å². The Balaban J connectivity index is 2.08. The average Bonchev–Trinajstić information content (AvgIpc) is 2.57. The standard InChI is InChI=1S/C12H17IN2O2S/c13-10-4-6-12(7-5-10)18(16,17)15-11-3-1-2-8-14-9-11/h4-7,11,14-15H,1-3,8-9H2. The van der Waals surface area contributed by atoms with Gasteiger partial charge in [-0.3, -0.25) is 0 Å². The van der Waals surface area contributed by atoms with Gasteiger partial charge in [-0.25, -0.2) is 13.1 Å². The van der Waals surface area contributed by atoms with Crippen molar-refractivity contribution in [2.24, 2.45) is 0 Å². The maximum Gasteiger partial charge on any atom is 0.240 e. The number of hydrogen-bond donors (Lipinski definition) is 2. The third-order valence-corrected chi connectivity index (χ3v) is 5.25. The molecule has 0 radical (unpaired) electrons. The largest absolute Gasteiger partial charge is 0.315 e. The number of rotatable bonds is 3. The lowest BCUT2D eigenvalue weighted by molar-refractivity contribution is 0.521. The van der Waals surface area contributed by atoms with Gasteiger partial charge in [0.25, 0.3) is 0 Å². The van der Waals surface area contributed by atoms with Crippen LogP contribution in [0.1, 0.15) is 19.3 Å². The van der Waals surface area contributed by atoms with E-state index in [0.29, 0.717) is 11.4 Å². The van der Waals surface area contributed by atoms with Gasteiger partial charge in [0.2, 0.25) is 10.0 Å². The van der Waals surface area contributed by atoms with E-state index in [1.165, 1.54) is 0 Å². The van der Waals surface area contributed by atoms with Crippen LogP contribution in [-0.4, -0.2) is 27.5 Å². The lowest BCUT2D eigenvalue weighted by Crippen LogP contribution is -2.40. The molecule has 1 fully saturated rings. The summed E-state index contributed by atoms with van der Waals surface area (Å²) in [6.45, 7) is 1.69. The molecule has 1 aromatic rings. The first-order valence-corrected chi connectivity index (χ1v) is 8.63. The van der Waals surface area contributed by atoms with Gasteiger partial charge in [-0.2, -0.15) is 0 Å². The molecule has 1 heterocycles. The smallest absolute Gasteiger partial charge is 0.240 e. The number of nitrogens with one attached hydrogen (secondary N) is 2.